The van der Waals surface area contributed by atoms with E-state index < -0.39 is 0 Å². The number of hydrogen-bond acceptors (Lipinski definition) is 2. The maximum Gasteiger partial charge on any atom is 0.150 e. The van der Waals surface area contributed by atoms with Gasteiger partial charge in [0.25, 0.3) is 0 Å². The van der Waals surface area contributed by atoms with Gasteiger partial charge in [0.2, 0.25) is 0 Å². The molecule has 1 aromatic rings. The van der Waals surface area contributed by atoms with Gasteiger partial charge in [-0.25, -0.2) is 0 Å². The zero-order chi connectivity index (χ0) is 10.1. The van der Waals surface area contributed by atoms with Crippen molar-refractivity contribution in [2.75, 3.05) is 18.0 Å². The zero-order valence-corrected chi connectivity index (χ0v) is 8.66. The highest BCUT2D eigenvalue weighted by Crippen LogP contribution is 2.35. The lowest BCUT2D eigenvalue weighted by molar-refractivity contribution is 0.112. The van der Waals surface area contributed by atoms with E-state index in [1.807, 2.05) is 12.1 Å². The number of nitrogens with zero attached hydrogens (tertiary/aromatic N) is 1. The molecule has 0 bridgehead atoms. The van der Waals surface area contributed by atoms with Gasteiger partial charge in [-0.1, -0.05) is 6.92 Å². The van der Waals surface area contributed by atoms with Gasteiger partial charge < -0.3 is 4.90 Å². The van der Waals surface area contributed by atoms with Gasteiger partial charge in [-0.2, -0.15) is 0 Å². The summed E-state index contributed by atoms with van der Waals surface area (Å²) in [5, 5.41) is 0. The molecule has 0 radical (unpaired) electrons. The Hall–Kier alpha value is -1.31. The van der Waals surface area contributed by atoms with Crippen LogP contribution in [0, 0.1) is 0 Å². The molecule has 1 aromatic carbocycles. The summed E-state index contributed by atoms with van der Waals surface area (Å²) in [6.07, 6.45) is 0.918. The van der Waals surface area contributed by atoms with Crippen LogP contribution in [0.5, 0.6) is 0 Å². The number of aldehydes is 1. The lowest BCUT2D eigenvalue weighted by Gasteiger charge is -2.16. The van der Waals surface area contributed by atoms with E-state index in [4.69, 9.17) is 0 Å². The number of hydrogen-bond donors (Lipinski definition) is 0. The Kier molecular flexibility index (Phi) is 2.28. The first-order valence-electron chi connectivity index (χ1n) is 5.10. The first-order chi connectivity index (χ1) is 6.76. The summed E-state index contributed by atoms with van der Waals surface area (Å²) in [4.78, 5) is 13.0. The van der Waals surface area contributed by atoms with Crippen LogP contribution in [0.4, 0.5) is 5.69 Å². The highest BCUT2D eigenvalue weighted by Gasteiger charge is 2.24. The molecule has 1 aliphatic heterocycles. The van der Waals surface area contributed by atoms with Crippen molar-refractivity contribution in [2.24, 2.45) is 0 Å². The van der Waals surface area contributed by atoms with Crippen molar-refractivity contribution in [3.05, 3.63) is 29.3 Å². The molecule has 0 fully saturated rings. The topological polar surface area (TPSA) is 20.3 Å². The number of rotatable bonds is 2. The summed E-state index contributed by atoms with van der Waals surface area (Å²) in [5.41, 5.74) is 3.40. The minimum absolute atomic E-state index is 0.546. The number of benzene rings is 1. The molecule has 0 N–H and O–H groups in total. The molecule has 1 aliphatic rings. The lowest BCUT2D eigenvalue weighted by atomic mass is 10.0. The molecule has 2 rings (SSSR count). The van der Waals surface area contributed by atoms with Crippen LogP contribution in [-0.2, 0) is 0 Å². The summed E-state index contributed by atoms with van der Waals surface area (Å²) < 4.78 is 0. The minimum Gasteiger partial charge on any atom is -0.371 e. The Balaban J connectivity index is 2.46. The van der Waals surface area contributed by atoms with Gasteiger partial charge in [-0.3, -0.25) is 4.79 Å². The number of likely N-dealkylation sites (N-methyl/N-ethyl adjacent to an activating group) is 1. The van der Waals surface area contributed by atoms with Crippen molar-refractivity contribution in [3.8, 4) is 0 Å². The third-order valence-corrected chi connectivity index (χ3v) is 2.94. The zero-order valence-electron chi connectivity index (χ0n) is 8.66. The van der Waals surface area contributed by atoms with Crippen LogP contribution in [0.25, 0.3) is 0 Å². The van der Waals surface area contributed by atoms with E-state index in [2.05, 4.69) is 24.8 Å². The molecular weight excluding hydrogens is 174 g/mol. The van der Waals surface area contributed by atoms with Crippen molar-refractivity contribution < 1.29 is 4.79 Å². The van der Waals surface area contributed by atoms with Crippen molar-refractivity contribution in [2.45, 2.75) is 19.8 Å². The van der Waals surface area contributed by atoms with E-state index in [-0.39, 0.29) is 0 Å². The number of fused-ring (bicyclic) bond motifs is 1. The third kappa shape index (κ3) is 1.31. The van der Waals surface area contributed by atoms with Gasteiger partial charge in [-0.15, -0.1) is 0 Å². The lowest BCUT2D eigenvalue weighted by Crippen LogP contribution is -2.20. The average Bonchev–Trinajstić information content (AvgIpc) is 2.55. The Labute approximate surface area is 84.5 Å². The third-order valence-electron chi connectivity index (χ3n) is 2.94. The summed E-state index contributed by atoms with van der Waals surface area (Å²) in [7, 11) is 0. The van der Waals surface area contributed by atoms with Gasteiger partial charge in [-0.05, 0) is 30.7 Å². The molecule has 0 aromatic heterocycles. The number of carbonyl (C=O) groups is 1. The first-order valence-corrected chi connectivity index (χ1v) is 5.10. The molecule has 0 saturated heterocycles. The maximum atomic E-state index is 10.7. The van der Waals surface area contributed by atoms with Crippen LogP contribution in [-0.4, -0.2) is 19.4 Å². The Morgan fingerprint density at radius 1 is 1.57 bits per heavy atom. The maximum absolute atomic E-state index is 10.7. The van der Waals surface area contributed by atoms with Gasteiger partial charge in [0.15, 0.2) is 0 Å². The average molecular weight is 189 g/mol. The van der Waals surface area contributed by atoms with E-state index in [9.17, 15) is 4.79 Å². The van der Waals surface area contributed by atoms with Crippen LogP contribution < -0.4 is 4.90 Å². The standard InChI is InChI=1S/C12H15NO/c1-3-13-7-9(2)11-6-10(8-14)4-5-12(11)13/h4-6,8-9H,3,7H2,1-2H3. The summed E-state index contributed by atoms with van der Waals surface area (Å²) in [6.45, 7) is 6.49. The first kappa shape index (κ1) is 9.25. The van der Waals surface area contributed by atoms with Crippen molar-refractivity contribution in [1.29, 1.82) is 0 Å². The normalized spacial score (nSPS) is 19.6. The predicted octanol–water partition coefficient (Wildman–Crippen LogP) is 2.44. The van der Waals surface area contributed by atoms with Gasteiger partial charge in [0.1, 0.15) is 6.29 Å². The van der Waals surface area contributed by atoms with Crippen LogP contribution in [0.1, 0.15) is 35.7 Å². The fourth-order valence-corrected chi connectivity index (χ4v) is 2.16. The van der Waals surface area contributed by atoms with Crippen LogP contribution in [0.2, 0.25) is 0 Å². The van der Waals surface area contributed by atoms with Crippen molar-refractivity contribution in [3.63, 3.8) is 0 Å². The van der Waals surface area contributed by atoms with Gasteiger partial charge >= 0.3 is 0 Å². The highest BCUT2D eigenvalue weighted by atomic mass is 16.1. The van der Waals surface area contributed by atoms with E-state index in [0.29, 0.717) is 5.92 Å². The minimum atomic E-state index is 0.546. The number of anilines is 1. The second-order valence-corrected chi connectivity index (χ2v) is 3.88. The quantitative estimate of drug-likeness (QED) is 0.666. The monoisotopic (exact) mass is 189 g/mol. The molecule has 0 spiro atoms. The molecule has 2 heteroatoms. The molecule has 1 unspecified atom stereocenters. The molecule has 0 amide bonds. The predicted molar refractivity (Wildman–Crippen MR) is 58.1 cm³/mol. The van der Waals surface area contributed by atoms with Gasteiger partial charge in [0, 0.05) is 30.3 Å². The van der Waals surface area contributed by atoms with E-state index in [1.54, 1.807) is 0 Å². The fourth-order valence-electron chi connectivity index (χ4n) is 2.16. The molecule has 1 atom stereocenters. The summed E-state index contributed by atoms with van der Waals surface area (Å²) >= 11 is 0. The second-order valence-electron chi connectivity index (χ2n) is 3.88. The largest absolute Gasteiger partial charge is 0.371 e. The molecule has 74 valence electrons. The van der Waals surface area contributed by atoms with E-state index >= 15 is 0 Å². The Morgan fingerprint density at radius 3 is 3.00 bits per heavy atom. The molecule has 14 heavy (non-hydrogen) atoms. The molecule has 2 nitrogen and oxygen atoms in total. The molecular formula is C12H15NO. The Morgan fingerprint density at radius 2 is 2.36 bits per heavy atom. The van der Waals surface area contributed by atoms with Crippen molar-refractivity contribution >= 4 is 12.0 Å². The molecule has 0 aliphatic carbocycles. The SMILES string of the molecule is CCN1CC(C)c2cc(C=O)ccc21. The van der Waals surface area contributed by atoms with Gasteiger partial charge in [0.05, 0.1) is 0 Å². The molecule has 0 saturated carbocycles. The highest BCUT2D eigenvalue weighted by molar-refractivity contribution is 5.78. The smallest absolute Gasteiger partial charge is 0.150 e. The summed E-state index contributed by atoms with van der Waals surface area (Å²) in [6, 6.07) is 5.97. The number of carbonyl (C=O) groups excluding carboxylic acids is 1. The second kappa shape index (κ2) is 3.45. The fraction of sp³-hybridized carbons (Fsp3) is 0.417. The van der Waals surface area contributed by atoms with Crippen molar-refractivity contribution in [1.82, 2.24) is 0 Å². The van der Waals surface area contributed by atoms with E-state index in [1.165, 1.54) is 11.3 Å². The van der Waals surface area contributed by atoms with Crippen LogP contribution >= 0.6 is 0 Å². The van der Waals surface area contributed by atoms with Crippen LogP contribution in [0.3, 0.4) is 0 Å². The van der Waals surface area contributed by atoms with Crippen LogP contribution in [0.15, 0.2) is 18.2 Å². The summed E-state index contributed by atoms with van der Waals surface area (Å²) in [5.74, 6) is 0.546. The Bertz CT molecular complexity index is 359. The molecule has 1 heterocycles. The van der Waals surface area contributed by atoms with E-state index in [0.717, 1.165) is 24.9 Å².